The predicted octanol–water partition coefficient (Wildman–Crippen LogP) is 2.15. The van der Waals surface area contributed by atoms with Gasteiger partial charge in [0.1, 0.15) is 0 Å². The maximum atomic E-state index is 11.9. The van der Waals surface area contributed by atoms with Crippen LogP contribution in [0.3, 0.4) is 0 Å². The number of aliphatic imine (C=N–C) groups is 1. The lowest BCUT2D eigenvalue weighted by molar-refractivity contribution is 0.0827. The summed E-state index contributed by atoms with van der Waals surface area (Å²) in [7, 11) is 7.49. The molecular formula is C19H32IN5O. The molecule has 26 heavy (non-hydrogen) atoms. The first-order valence-corrected chi connectivity index (χ1v) is 8.89. The van der Waals surface area contributed by atoms with Crippen molar-refractivity contribution in [1.29, 1.82) is 0 Å². The lowest BCUT2D eigenvalue weighted by atomic mass is 10.1. The van der Waals surface area contributed by atoms with Gasteiger partial charge in [0.25, 0.3) is 5.91 Å². The van der Waals surface area contributed by atoms with Crippen molar-refractivity contribution >= 4 is 35.8 Å². The predicted molar refractivity (Wildman–Crippen MR) is 118 cm³/mol. The zero-order chi connectivity index (χ0) is 18.4. The Kier molecular flexibility index (Phi) is 9.35. The molecule has 0 aromatic heterocycles. The van der Waals surface area contributed by atoms with Crippen LogP contribution in [0.25, 0.3) is 0 Å². The van der Waals surface area contributed by atoms with Crippen molar-refractivity contribution in [3.8, 4) is 0 Å². The molecular weight excluding hydrogens is 441 g/mol. The number of amides is 1. The van der Waals surface area contributed by atoms with Crippen molar-refractivity contribution in [3.63, 3.8) is 0 Å². The van der Waals surface area contributed by atoms with Gasteiger partial charge in [-0.15, -0.1) is 24.0 Å². The first-order chi connectivity index (χ1) is 11.9. The average molecular weight is 473 g/mol. The standard InChI is InChI=1S/C19H31N5O.HI/c1-14(24(5)17-10-11-17)12-21-19(20-2)22-13-15-6-8-16(9-7-15)18(25)23(3)4;/h6-9,14,17H,10-13H2,1-5H3,(H2,20,21,22);1H. The molecule has 1 unspecified atom stereocenters. The Labute approximate surface area is 174 Å². The number of nitrogens with one attached hydrogen (secondary N) is 2. The Bertz CT molecular complexity index is 598. The van der Waals surface area contributed by atoms with Gasteiger partial charge in [-0.3, -0.25) is 14.7 Å². The highest BCUT2D eigenvalue weighted by atomic mass is 127. The van der Waals surface area contributed by atoms with Gasteiger partial charge in [-0.1, -0.05) is 12.1 Å². The monoisotopic (exact) mass is 473 g/mol. The molecule has 146 valence electrons. The number of hydrogen-bond acceptors (Lipinski definition) is 3. The molecule has 1 atom stereocenters. The molecule has 1 saturated carbocycles. The topological polar surface area (TPSA) is 60.0 Å². The van der Waals surface area contributed by atoms with Crippen molar-refractivity contribution in [2.75, 3.05) is 34.7 Å². The first-order valence-electron chi connectivity index (χ1n) is 8.89. The number of carbonyl (C=O) groups excluding carboxylic acids is 1. The second-order valence-electron chi connectivity index (χ2n) is 6.95. The normalized spacial score (nSPS) is 15.2. The highest BCUT2D eigenvalue weighted by molar-refractivity contribution is 14.0. The maximum absolute atomic E-state index is 11.9. The molecule has 2 N–H and O–H groups in total. The van der Waals surface area contributed by atoms with Gasteiger partial charge in [-0.25, -0.2) is 0 Å². The number of halogens is 1. The molecule has 0 radical (unpaired) electrons. The molecule has 0 aliphatic heterocycles. The van der Waals surface area contributed by atoms with E-state index in [0.717, 1.165) is 24.1 Å². The van der Waals surface area contributed by atoms with Crippen molar-refractivity contribution in [1.82, 2.24) is 20.4 Å². The van der Waals surface area contributed by atoms with Crippen LogP contribution >= 0.6 is 24.0 Å². The molecule has 0 bridgehead atoms. The van der Waals surface area contributed by atoms with Crippen molar-refractivity contribution in [3.05, 3.63) is 35.4 Å². The highest BCUT2D eigenvalue weighted by Gasteiger charge is 2.28. The molecule has 0 spiro atoms. The van der Waals surface area contributed by atoms with Crippen LogP contribution in [-0.4, -0.2) is 68.5 Å². The Hall–Kier alpha value is -1.35. The van der Waals surface area contributed by atoms with Gasteiger partial charge in [-0.2, -0.15) is 0 Å². The van der Waals surface area contributed by atoms with E-state index in [1.807, 2.05) is 24.3 Å². The summed E-state index contributed by atoms with van der Waals surface area (Å²) in [4.78, 5) is 20.2. The Balaban J connectivity index is 0.00000338. The fraction of sp³-hybridized carbons (Fsp3) is 0.579. The van der Waals surface area contributed by atoms with Gasteiger partial charge in [-0.05, 0) is 44.5 Å². The molecule has 1 amide bonds. The summed E-state index contributed by atoms with van der Waals surface area (Å²) in [5.74, 6) is 0.815. The third-order valence-electron chi connectivity index (χ3n) is 4.67. The number of likely N-dealkylation sites (N-methyl/N-ethyl adjacent to an activating group) is 1. The SMILES string of the molecule is CN=C(NCc1ccc(C(=O)N(C)C)cc1)NCC(C)N(C)C1CC1.I. The number of carbonyl (C=O) groups is 1. The lowest BCUT2D eigenvalue weighted by Crippen LogP contribution is -2.45. The minimum absolute atomic E-state index is 0. The molecule has 6 nitrogen and oxygen atoms in total. The van der Waals surface area contributed by atoms with E-state index in [1.54, 1.807) is 26.0 Å². The fourth-order valence-corrected chi connectivity index (χ4v) is 2.66. The number of nitrogens with zero attached hydrogens (tertiary/aromatic N) is 3. The molecule has 0 saturated heterocycles. The molecule has 1 aromatic rings. The van der Waals surface area contributed by atoms with Gasteiger partial charge < -0.3 is 15.5 Å². The van der Waals surface area contributed by atoms with Gasteiger partial charge in [0.2, 0.25) is 0 Å². The average Bonchev–Trinajstić information content (AvgIpc) is 3.45. The molecule has 2 rings (SSSR count). The summed E-state index contributed by atoms with van der Waals surface area (Å²) < 4.78 is 0. The second-order valence-corrected chi connectivity index (χ2v) is 6.95. The third kappa shape index (κ3) is 6.75. The van der Waals surface area contributed by atoms with E-state index < -0.39 is 0 Å². The van der Waals surface area contributed by atoms with Crippen molar-refractivity contribution in [2.24, 2.45) is 4.99 Å². The lowest BCUT2D eigenvalue weighted by Gasteiger charge is -2.25. The summed E-state index contributed by atoms with van der Waals surface area (Å²) in [5.41, 5.74) is 1.81. The number of benzene rings is 1. The molecule has 0 heterocycles. The van der Waals surface area contributed by atoms with Crippen molar-refractivity contribution < 1.29 is 4.79 Å². The van der Waals surface area contributed by atoms with Crippen LogP contribution in [-0.2, 0) is 6.54 Å². The zero-order valence-corrected chi connectivity index (χ0v) is 18.8. The fourth-order valence-electron chi connectivity index (χ4n) is 2.66. The number of rotatable bonds is 7. The summed E-state index contributed by atoms with van der Waals surface area (Å²) in [6.07, 6.45) is 2.64. The minimum atomic E-state index is 0. The molecule has 1 fully saturated rings. The molecule has 1 aliphatic rings. The van der Waals surface area contributed by atoms with Crippen LogP contribution in [0.4, 0.5) is 0 Å². The Morgan fingerprint density at radius 3 is 2.31 bits per heavy atom. The highest BCUT2D eigenvalue weighted by Crippen LogP contribution is 2.26. The van der Waals surface area contributed by atoms with Gasteiger partial charge >= 0.3 is 0 Å². The van der Waals surface area contributed by atoms with E-state index in [1.165, 1.54) is 12.8 Å². The summed E-state index contributed by atoms with van der Waals surface area (Å²) in [5, 5.41) is 6.71. The smallest absolute Gasteiger partial charge is 0.253 e. The van der Waals surface area contributed by atoms with Crippen LogP contribution in [0.15, 0.2) is 29.3 Å². The van der Waals surface area contributed by atoms with E-state index in [9.17, 15) is 4.79 Å². The van der Waals surface area contributed by atoms with Crippen LogP contribution in [0, 0.1) is 0 Å². The van der Waals surface area contributed by atoms with E-state index in [0.29, 0.717) is 18.2 Å². The van der Waals surface area contributed by atoms with Crippen LogP contribution in [0.1, 0.15) is 35.7 Å². The molecule has 1 aliphatic carbocycles. The first kappa shape index (κ1) is 22.7. The van der Waals surface area contributed by atoms with Crippen molar-refractivity contribution in [2.45, 2.75) is 38.4 Å². The van der Waals surface area contributed by atoms with Gasteiger partial charge in [0.15, 0.2) is 5.96 Å². The van der Waals surface area contributed by atoms with Crippen LogP contribution < -0.4 is 10.6 Å². The number of hydrogen-bond donors (Lipinski definition) is 2. The van der Waals surface area contributed by atoms with E-state index in [2.05, 4.69) is 34.5 Å². The van der Waals surface area contributed by atoms with E-state index in [-0.39, 0.29) is 29.9 Å². The number of guanidine groups is 1. The van der Waals surface area contributed by atoms with Crippen LogP contribution in [0.2, 0.25) is 0 Å². The van der Waals surface area contributed by atoms with Gasteiger partial charge in [0.05, 0.1) is 0 Å². The summed E-state index contributed by atoms with van der Waals surface area (Å²) >= 11 is 0. The minimum Gasteiger partial charge on any atom is -0.355 e. The largest absolute Gasteiger partial charge is 0.355 e. The maximum Gasteiger partial charge on any atom is 0.253 e. The quantitative estimate of drug-likeness (QED) is 0.362. The molecule has 1 aromatic carbocycles. The van der Waals surface area contributed by atoms with E-state index >= 15 is 0 Å². The van der Waals surface area contributed by atoms with Gasteiger partial charge in [0, 0.05) is 51.9 Å². The Morgan fingerprint density at radius 1 is 1.19 bits per heavy atom. The van der Waals surface area contributed by atoms with E-state index in [4.69, 9.17) is 0 Å². The van der Waals surface area contributed by atoms with Crippen LogP contribution in [0.5, 0.6) is 0 Å². The summed E-state index contributed by atoms with van der Waals surface area (Å²) in [6.45, 7) is 3.77. The third-order valence-corrected chi connectivity index (χ3v) is 4.67. The zero-order valence-electron chi connectivity index (χ0n) is 16.5. The Morgan fingerprint density at radius 2 is 1.81 bits per heavy atom. The molecule has 7 heteroatoms. The second kappa shape index (κ2) is 10.7. The summed E-state index contributed by atoms with van der Waals surface area (Å²) in [6, 6.07) is 8.91.